The Morgan fingerprint density at radius 1 is 1.19 bits per heavy atom. The van der Waals surface area contributed by atoms with E-state index in [0.29, 0.717) is 28.6 Å². The third kappa shape index (κ3) is 3.76. The summed E-state index contributed by atoms with van der Waals surface area (Å²) in [6.07, 6.45) is 1.51. The molecule has 5 nitrogen and oxygen atoms in total. The molecule has 3 rings (SSSR count). The molecule has 0 saturated carbocycles. The molecule has 1 fully saturated rings. The van der Waals surface area contributed by atoms with Gasteiger partial charge in [-0.3, -0.25) is 19.8 Å². The molecule has 0 atom stereocenters. The molecule has 7 heteroatoms. The van der Waals surface area contributed by atoms with E-state index in [1.54, 1.807) is 48.5 Å². The fourth-order valence-corrected chi connectivity index (χ4v) is 2.90. The maximum Gasteiger partial charge on any atom is 0.270 e. The lowest BCUT2D eigenvalue weighted by Gasteiger charge is -2.29. The third-order valence-electron chi connectivity index (χ3n) is 3.67. The van der Waals surface area contributed by atoms with Crippen LogP contribution in [0.2, 0.25) is 5.02 Å². The van der Waals surface area contributed by atoms with Crippen LogP contribution in [-0.4, -0.2) is 23.5 Å². The van der Waals surface area contributed by atoms with Crippen molar-refractivity contribution in [2.45, 2.75) is 6.92 Å². The number of ether oxygens (including phenoxy) is 1. The van der Waals surface area contributed by atoms with Crippen LogP contribution in [0.25, 0.3) is 6.08 Å². The van der Waals surface area contributed by atoms with Crippen molar-refractivity contribution in [3.8, 4) is 5.75 Å². The van der Waals surface area contributed by atoms with Gasteiger partial charge in [0.05, 0.1) is 12.3 Å². The van der Waals surface area contributed by atoms with Crippen molar-refractivity contribution < 1.29 is 14.3 Å². The predicted molar refractivity (Wildman–Crippen MR) is 105 cm³/mol. The van der Waals surface area contributed by atoms with Crippen LogP contribution in [0, 0.1) is 0 Å². The van der Waals surface area contributed by atoms with Crippen LogP contribution in [0.3, 0.4) is 0 Å². The summed E-state index contributed by atoms with van der Waals surface area (Å²) in [6, 6.07) is 13.8. The number of nitrogens with one attached hydrogen (secondary N) is 1. The van der Waals surface area contributed by atoms with Crippen LogP contribution in [0.15, 0.2) is 54.1 Å². The van der Waals surface area contributed by atoms with E-state index in [9.17, 15) is 9.59 Å². The summed E-state index contributed by atoms with van der Waals surface area (Å²) in [6.45, 7) is 2.37. The Bertz CT molecular complexity index is 909. The summed E-state index contributed by atoms with van der Waals surface area (Å²) in [5.74, 6) is -0.421. The highest BCUT2D eigenvalue weighted by Gasteiger charge is 2.34. The minimum absolute atomic E-state index is 0.0114. The first kappa shape index (κ1) is 18.1. The van der Waals surface area contributed by atoms with Gasteiger partial charge in [0.1, 0.15) is 11.3 Å². The van der Waals surface area contributed by atoms with Gasteiger partial charge >= 0.3 is 0 Å². The van der Waals surface area contributed by atoms with Crippen molar-refractivity contribution in [1.29, 1.82) is 0 Å². The molecule has 2 aromatic rings. The first-order valence-electron chi connectivity index (χ1n) is 7.89. The van der Waals surface area contributed by atoms with E-state index < -0.39 is 11.8 Å². The van der Waals surface area contributed by atoms with Gasteiger partial charge in [0, 0.05) is 11.1 Å². The second-order valence-corrected chi connectivity index (χ2v) is 6.26. The number of benzene rings is 2. The molecule has 132 valence electrons. The van der Waals surface area contributed by atoms with Gasteiger partial charge in [-0.1, -0.05) is 29.8 Å². The maximum absolute atomic E-state index is 12.9. The van der Waals surface area contributed by atoms with Crippen molar-refractivity contribution in [1.82, 2.24) is 5.32 Å². The van der Waals surface area contributed by atoms with E-state index >= 15 is 0 Å². The minimum atomic E-state index is -0.535. The first-order valence-corrected chi connectivity index (χ1v) is 8.68. The van der Waals surface area contributed by atoms with Gasteiger partial charge in [0.15, 0.2) is 5.11 Å². The van der Waals surface area contributed by atoms with Crippen molar-refractivity contribution in [2.75, 3.05) is 11.5 Å². The fraction of sp³-hybridized carbons (Fsp3) is 0.105. The van der Waals surface area contributed by atoms with E-state index in [1.165, 1.54) is 11.0 Å². The van der Waals surface area contributed by atoms with Gasteiger partial charge in [-0.25, -0.2) is 0 Å². The first-order chi connectivity index (χ1) is 12.5. The number of halogens is 1. The molecule has 26 heavy (non-hydrogen) atoms. The SMILES string of the molecule is CCOc1cccc(N2C(=O)C(=Cc3ccc(Cl)cc3)C(=O)NC2=S)c1. The number of hydrogen-bond acceptors (Lipinski definition) is 4. The molecular weight excluding hydrogens is 372 g/mol. The largest absolute Gasteiger partial charge is 0.494 e. The zero-order chi connectivity index (χ0) is 18.7. The Kier molecular flexibility index (Phi) is 5.35. The minimum Gasteiger partial charge on any atom is -0.494 e. The monoisotopic (exact) mass is 386 g/mol. The molecule has 1 aliphatic heterocycles. The van der Waals surface area contributed by atoms with Crippen LogP contribution in [0.4, 0.5) is 5.69 Å². The van der Waals surface area contributed by atoms with E-state index in [1.807, 2.05) is 6.92 Å². The summed E-state index contributed by atoms with van der Waals surface area (Å²) in [4.78, 5) is 26.5. The van der Waals surface area contributed by atoms with Crippen LogP contribution >= 0.6 is 23.8 Å². The molecule has 0 aromatic heterocycles. The third-order valence-corrected chi connectivity index (χ3v) is 4.21. The van der Waals surface area contributed by atoms with Gasteiger partial charge in [0.2, 0.25) is 0 Å². The molecule has 0 spiro atoms. The highest BCUT2D eigenvalue weighted by molar-refractivity contribution is 7.80. The maximum atomic E-state index is 12.9. The van der Waals surface area contributed by atoms with E-state index in [4.69, 9.17) is 28.6 Å². The molecule has 0 aliphatic carbocycles. The van der Waals surface area contributed by atoms with Crippen LogP contribution in [0.5, 0.6) is 5.75 Å². The topological polar surface area (TPSA) is 58.6 Å². The molecule has 2 aromatic carbocycles. The van der Waals surface area contributed by atoms with E-state index in [0.717, 1.165) is 0 Å². The highest BCUT2D eigenvalue weighted by Crippen LogP contribution is 2.26. The van der Waals surface area contributed by atoms with Crippen molar-refractivity contribution >= 4 is 52.5 Å². The molecule has 1 N–H and O–H groups in total. The molecule has 1 aliphatic rings. The van der Waals surface area contributed by atoms with Gasteiger partial charge in [0.25, 0.3) is 11.8 Å². The lowest BCUT2D eigenvalue weighted by Crippen LogP contribution is -2.54. The normalized spacial score (nSPS) is 16.0. The summed E-state index contributed by atoms with van der Waals surface area (Å²) >= 11 is 11.1. The van der Waals surface area contributed by atoms with Crippen molar-refractivity contribution in [3.63, 3.8) is 0 Å². The number of hydrogen-bond donors (Lipinski definition) is 1. The van der Waals surface area contributed by atoms with Crippen LogP contribution in [-0.2, 0) is 9.59 Å². The number of thiocarbonyl (C=S) groups is 1. The lowest BCUT2D eigenvalue weighted by atomic mass is 10.1. The highest BCUT2D eigenvalue weighted by atomic mass is 35.5. The zero-order valence-electron chi connectivity index (χ0n) is 13.9. The van der Waals surface area contributed by atoms with Gasteiger partial charge < -0.3 is 4.74 Å². The van der Waals surface area contributed by atoms with Crippen LogP contribution < -0.4 is 15.0 Å². The molecule has 2 amide bonds. The average molecular weight is 387 g/mol. The Hall–Kier alpha value is -2.70. The lowest BCUT2D eigenvalue weighted by molar-refractivity contribution is -0.122. The van der Waals surface area contributed by atoms with Gasteiger partial charge in [-0.05, 0) is 55.0 Å². The number of carbonyl (C=O) groups is 2. The number of rotatable bonds is 4. The Morgan fingerprint density at radius 2 is 1.92 bits per heavy atom. The molecule has 0 unspecified atom stereocenters. The summed E-state index contributed by atoms with van der Waals surface area (Å²) in [5.41, 5.74) is 1.19. The van der Waals surface area contributed by atoms with E-state index in [2.05, 4.69) is 5.32 Å². The molecule has 0 radical (unpaired) electrons. The number of nitrogens with zero attached hydrogens (tertiary/aromatic N) is 1. The smallest absolute Gasteiger partial charge is 0.270 e. The number of anilines is 1. The van der Waals surface area contributed by atoms with Gasteiger partial charge in [-0.2, -0.15) is 0 Å². The van der Waals surface area contributed by atoms with Crippen LogP contribution in [0.1, 0.15) is 12.5 Å². The summed E-state index contributed by atoms with van der Waals surface area (Å²) < 4.78 is 5.47. The Morgan fingerprint density at radius 3 is 2.62 bits per heavy atom. The Balaban J connectivity index is 1.98. The number of carbonyl (C=O) groups excluding carboxylic acids is 2. The Labute approximate surface area is 161 Å². The fourth-order valence-electron chi connectivity index (χ4n) is 2.50. The standard InChI is InChI=1S/C19H15ClN2O3S/c1-2-25-15-5-3-4-14(11-15)22-18(24)16(17(23)21-19(22)26)10-12-6-8-13(20)9-7-12/h3-11H,2H2,1H3,(H,21,23,26). The summed E-state index contributed by atoms with van der Waals surface area (Å²) in [5, 5.41) is 3.15. The predicted octanol–water partition coefficient (Wildman–Crippen LogP) is 3.57. The average Bonchev–Trinajstić information content (AvgIpc) is 2.61. The summed E-state index contributed by atoms with van der Waals surface area (Å²) in [7, 11) is 0. The second kappa shape index (κ2) is 7.68. The van der Waals surface area contributed by atoms with Crippen molar-refractivity contribution in [3.05, 3.63) is 64.7 Å². The van der Waals surface area contributed by atoms with Crippen molar-refractivity contribution in [2.24, 2.45) is 0 Å². The molecule has 1 saturated heterocycles. The second-order valence-electron chi connectivity index (χ2n) is 5.44. The number of amides is 2. The van der Waals surface area contributed by atoms with E-state index in [-0.39, 0.29) is 10.7 Å². The quantitative estimate of drug-likeness (QED) is 0.496. The zero-order valence-corrected chi connectivity index (χ0v) is 15.4. The molecule has 1 heterocycles. The molecular formula is C19H15ClN2O3S. The van der Waals surface area contributed by atoms with Gasteiger partial charge in [-0.15, -0.1) is 0 Å². The molecule has 0 bridgehead atoms.